The molecule has 0 saturated heterocycles. The van der Waals surface area contributed by atoms with Gasteiger partial charge in [0.25, 0.3) is 10.0 Å². The van der Waals surface area contributed by atoms with Crippen LogP contribution in [-0.2, 0) is 16.6 Å². The standard InChI is InChI=1S/C19H17FN4O2S/c1-3-24-19-16(11-13-5-4-12(2)10-17(13)21-19)18(22-24)23-27(25,26)15-8-6-14(20)7-9-15/h4-11H,3H2,1-2H3,(H,22,23). The van der Waals surface area contributed by atoms with Gasteiger partial charge in [-0.25, -0.2) is 22.5 Å². The SMILES string of the molecule is CCn1nc(NS(=O)(=O)c2ccc(F)cc2)c2cc3ccc(C)cc3nc21. The topological polar surface area (TPSA) is 76.9 Å². The molecule has 0 aliphatic heterocycles. The quantitative estimate of drug-likeness (QED) is 0.580. The van der Waals surface area contributed by atoms with E-state index in [-0.39, 0.29) is 10.7 Å². The molecule has 0 radical (unpaired) electrons. The first kappa shape index (κ1) is 17.4. The largest absolute Gasteiger partial charge is 0.263 e. The first-order valence-corrected chi connectivity index (χ1v) is 9.92. The number of hydrogen-bond acceptors (Lipinski definition) is 4. The van der Waals surface area contributed by atoms with E-state index in [0.29, 0.717) is 17.6 Å². The Balaban J connectivity index is 1.86. The van der Waals surface area contributed by atoms with Crippen molar-refractivity contribution in [2.75, 3.05) is 4.72 Å². The fraction of sp³-hybridized carbons (Fsp3) is 0.158. The maximum atomic E-state index is 13.1. The van der Waals surface area contributed by atoms with Gasteiger partial charge in [0.05, 0.1) is 15.8 Å². The second kappa shape index (κ2) is 6.31. The van der Waals surface area contributed by atoms with Gasteiger partial charge in [-0.05, 0) is 55.8 Å². The van der Waals surface area contributed by atoms with Gasteiger partial charge >= 0.3 is 0 Å². The molecule has 0 aliphatic rings. The van der Waals surface area contributed by atoms with Crippen molar-refractivity contribution < 1.29 is 12.8 Å². The highest BCUT2D eigenvalue weighted by Crippen LogP contribution is 2.28. The number of rotatable bonds is 4. The molecule has 2 heterocycles. The van der Waals surface area contributed by atoms with Gasteiger partial charge in [0.15, 0.2) is 11.5 Å². The molecule has 0 bridgehead atoms. The van der Waals surface area contributed by atoms with Gasteiger partial charge in [-0.15, -0.1) is 0 Å². The van der Waals surface area contributed by atoms with Crippen molar-refractivity contribution in [3.8, 4) is 0 Å². The molecule has 138 valence electrons. The summed E-state index contributed by atoms with van der Waals surface area (Å²) >= 11 is 0. The van der Waals surface area contributed by atoms with E-state index in [1.807, 2.05) is 38.1 Å². The smallest absolute Gasteiger partial charge is 0.261 e. The van der Waals surface area contributed by atoms with E-state index < -0.39 is 15.8 Å². The van der Waals surface area contributed by atoms with Crippen LogP contribution >= 0.6 is 0 Å². The maximum absolute atomic E-state index is 13.1. The zero-order valence-corrected chi connectivity index (χ0v) is 15.6. The van der Waals surface area contributed by atoms with Gasteiger partial charge in [-0.3, -0.25) is 4.72 Å². The average molecular weight is 384 g/mol. The number of benzene rings is 2. The molecule has 0 aliphatic carbocycles. The van der Waals surface area contributed by atoms with E-state index in [1.165, 1.54) is 12.1 Å². The molecule has 0 atom stereocenters. The molecule has 1 N–H and O–H groups in total. The second-order valence-corrected chi connectivity index (χ2v) is 7.96. The number of fused-ring (bicyclic) bond motifs is 2. The number of anilines is 1. The molecule has 0 unspecified atom stereocenters. The molecule has 2 aromatic heterocycles. The van der Waals surface area contributed by atoms with Crippen LogP contribution < -0.4 is 4.72 Å². The molecule has 6 nitrogen and oxygen atoms in total. The summed E-state index contributed by atoms with van der Waals surface area (Å²) in [7, 11) is -3.90. The maximum Gasteiger partial charge on any atom is 0.263 e. The zero-order valence-electron chi connectivity index (χ0n) is 14.8. The molecule has 4 rings (SSSR count). The van der Waals surface area contributed by atoms with Crippen LogP contribution in [0.15, 0.2) is 53.4 Å². The van der Waals surface area contributed by atoms with Crippen molar-refractivity contribution in [2.24, 2.45) is 0 Å². The minimum Gasteiger partial charge on any atom is -0.261 e. The number of hydrogen-bond donors (Lipinski definition) is 1. The van der Waals surface area contributed by atoms with Gasteiger partial charge in [0, 0.05) is 11.9 Å². The molecule has 0 saturated carbocycles. The molecule has 0 fully saturated rings. The van der Waals surface area contributed by atoms with Crippen molar-refractivity contribution in [2.45, 2.75) is 25.3 Å². The third-order valence-corrected chi connectivity index (χ3v) is 5.68. The zero-order chi connectivity index (χ0) is 19.2. The van der Waals surface area contributed by atoms with Gasteiger partial charge in [0.2, 0.25) is 0 Å². The molecular formula is C19H17FN4O2S. The van der Waals surface area contributed by atoms with Gasteiger partial charge in [-0.2, -0.15) is 5.10 Å². The third-order valence-electron chi connectivity index (χ3n) is 4.33. The Hall–Kier alpha value is -3.00. The van der Waals surface area contributed by atoms with E-state index in [4.69, 9.17) is 0 Å². The number of aryl methyl sites for hydroxylation is 2. The lowest BCUT2D eigenvalue weighted by molar-refractivity contribution is 0.599. The number of nitrogens with one attached hydrogen (secondary N) is 1. The van der Waals surface area contributed by atoms with Crippen LogP contribution in [0.3, 0.4) is 0 Å². The van der Waals surface area contributed by atoms with Crippen molar-refractivity contribution in [3.63, 3.8) is 0 Å². The summed E-state index contributed by atoms with van der Waals surface area (Å²) in [6, 6.07) is 12.4. The van der Waals surface area contributed by atoms with Crippen LogP contribution in [0.5, 0.6) is 0 Å². The fourth-order valence-electron chi connectivity index (χ4n) is 2.96. The summed E-state index contributed by atoms with van der Waals surface area (Å²) in [5.41, 5.74) is 2.52. The number of pyridine rings is 1. The van der Waals surface area contributed by atoms with Gasteiger partial charge < -0.3 is 0 Å². The summed E-state index contributed by atoms with van der Waals surface area (Å²) in [5, 5.41) is 5.88. The minimum atomic E-state index is -3.90. The molecule has 0 spiro atoms. The molecule has 2 aromatic carbocycles. The van der Waals surface area contributed by atoms with Crippen molar-refractivity contribution in [3.05, 3.63) is 59.9 Å². The lowest BCUT2D eigenvalue weighted by Crippen LogP contribution is -2.13. The highest BCUT2D eigenvalue weighted by atomic mass is 32.2. The second-order valence-electron chi connectivity index (χ2n) is 6.28. The van der Waals surface area contributed by atoms with Crippen LogP contribution in [0, 0.1) is 12.7 Å². The fourth-order valence-corrected chi connectivity index (χ4v) is 3.97. The summed E-state index contributed by atoms with van der Waals surface area (Å²) in [4.78, 5) is 4.63. The molecular weight excluding hydrogens is 367 g/mol. The van der Waals surface area contributed by atoms with Gasteiger partial charge in [0.1, 0.15) is 5.82 Å². The molecule has 0 amide bonds. The minimum absolute atomic E-state index is 0.0347. The number of aromatic nitrogens is 3. The first-order valence-electron chi connectivity index (χ1n) is 8.44. The molecule has 4 aromatic rings. The van der Waals surface area contributed by atoms with Crippen LogP contribution in [-0.4, -0.2) is 23.2 Å². The van der Waals surface area contributed by atoms with Crippen LogP contribution in [0.1, 0.15) is 12.5 Å². The highest BCUT2D eigenvalue weighted by Gasteiger charge is 2.20. The Bertz CT molecular complexity index is 1260. The normalized spacial score (nSPS) is 12.0. The molecule has 27 heavy (non-hydrogen) atoms. The van der Waals surface area contributed by atoms with E-state index in [9.17, 15) is 12.8 Å². The van der Waals surface area contributed by atoms with Crippen LogP contribution in [0.4, 0.5) is 10.2 Å². The predicted octanol–water partition coefficient (Wildman–Crippen LogP) is 3.85. The van der Waals surface area contributed by atoms with Gasteiger partial charge in [-0.1, -0.05) is 12.1 Å². The molecule has 8 heteroatoms. The van der Waals surface area contributed by atoms with Crippen LogP contribution in [0.25, 0.3) is 21.9 Å². The van der Waals surface area contributed by atoms with Crippen molar-refractivity contribution in [1.29, 1.82) is 0 Å². The Morgan fingerprint density at radius 2 is 1.85 bits per heavy atom. The number of halogens is 1. The van der Waals surface area contributed by atoms with Crippen LogP contribution in [0.2, 0.25) is 0 Å². The summed E-state index contributed by atoms with van der Waals surface area (Å²) in [6.45, 7) is 4.44. The average Bonchev–Trinajstić information content (AvgIpc) is 2.96. The number of sulfonamides is 1. The lowest BCUT2D eigenvalue weighted by Gasteiger charge is -2.06. The summed E-state index contributed by atoms with van der Waals surface area (Å²) < 4.78 is 42.6. The third kappa shape index (κ3) is 3.12. The monoisotopic (exact) mass is 384 g/mol. The Kier molecular flexibility index (Phi) is 4.07. The van der Waals surface area contributed by atoms with E-state index in [0.717, 1.165) is 28.6 Å². The lowest BCUT2D eigenvalue weighted by atomic mass is 10.1. The van der Waals surface area contributed by atoms with Crippen molar-refractivity contribution in [1.82, 2.24) is 14.8 Å². The van der Waals surface area contributed by atoms with Crippen molar-refractivity contribution >= 4 is 37.8 Å². The van der Waals surface area contributed by atoms with E-state index >= 15 is 0 Å². The van der Waals surface area contributed by atoms with E-state index in [1.54, 1.807) is 4.68 Å². The Morgan fingerprint density at radius 3 is 2.56 bits per heavy atom. The first-order chi connectivity index (χ1) is 12.9. The predicted molar refractivity (Wildman–Crippen MR) is 103 cm³/mol. The summed E-state index contributed by atoms with van der Waals surface area (Å²) in [6.07, 6.45) is 0. The van der Waals surface area contributed by atoms with E-state index in [2.05, 4.69) is 14.8 Å². The number of nitrogens with zero attached hydrogens (tertiary/aromatic N) is 3. The Labute approximate surface area is 155 Å². The summed E-state index contributed by atoms with van der Waals surface area (Å²) in [5.74, 6) is -0.299. The Morgan fingerprint density at radius 1 is 1.11 bits per heavy atom. The highest BCUT2D eigenvalue weighted by molar-refractivity contribution is 7.92.